The number of anilines is 1. The van der Waals surface area contributed by atoms with Gasteiger partial charge in [0.25, 0.3) is 5.91 Å². The van der Waals surface area contributed by atoms with E-state index in [0.717, 1.165) is 43.6 Å². The molecule has 0 atom stereocenters. The number of carbonyl (C=O) groups excluding carboxylic acids is 3. The van der Waals surface area contributed by atoms with Crippen molar-refractivity contribution in [2.24, 2.45) is 10.7 Å². The molecule has 2 amide bonds. The van der Waals surface area contributed by atoms with Crippen molar-refractivity contribution in [3.8, 4) is 0 Å². The minimum Gasteiger partial charge on any atom is -0.387 e. The molecular formula is C29H34F3N5O3. The number of hydrogen-bond donors (Lipinski definition) is 3. The second kappa shape index (κ2) is 13.9. The van der Waals surface area contributed by atoms with E-state index in [-0.39, 0.29) is 11.8 Å². The fraction of sp³-hybridized carbons (Fsp3) is 0.379. The Bertz CT molecular complexity index is 1300. The lowest BCUT2D eigenvalue weighted by atomic mass is 10.0. The second-order valence-corrected chi connectivity index (χ2v) is 9.54. The van der Waals surface area contributed by atoms with Crippen molar-refractivity contribution in [1.29, 1.82) is 0 Å². The van der Waals surface area contributed by atoms with Gasteiger partial charge in [0.1, 0.15) is 5.84 Å². The zero-order valence-electron chi connectivity index (χ0n) is 22.6. The molecule has 214 valence electrons. The molecule has 11 heteroatoms. The van der Waals surface area contributed by atoms with Crippen LogP contribution in [-0.2, 0) is 22.6 Å². The van der Waals surface area contributed by atoms with Gasteiger partial charge in [-0.1, -0.05) is 26.0 Å². The topological polar surface area (TPSA) is 117 Å². The minimum absolute atomic E-state index is 0.000806. The van der Waals surface area contributed by atoms with E-state index < -0.39 is 12.5 Å². The number of rotatable bonds is 7. The highest BCUT2D eigenvalue weighted by atomic mass is 19.4. The van der Waals surface area contributed by atoms with Gasteiger partial charge >= 0.3 is 6.18 Å². The first-order valence-corrected chi connectivity index (χ1v) is 13.2. The SMILES string of the molecule is CCCN(CCC)C(=O)C1=Cc2ccc(C(=O)Nc3ccc4c(c3)CCNC4)cc2N=C(N)C1.O=CC(F)(F)F. The Morgan fingerprint density at radius 1 is 1.10 bits per heavy atom. The van der Waals surface area contributed by atoms with Crippen LogP contribution in [0.3, 0.4) is 0 Å². The van der Waals surface area contributed by atoms with Crippen LogP contribution < -0.4 is 16.4 Å². The van der Waals surface area contributed by atoms with Crippen molar-refractivity contribution >= 4 is 41.4 Å². The number of amidine groups is 1. The molecule has 0 saturated carbocycles. The van der Waals surface area contributed by atoms with Gasteiger partial charge in [0.15, 0.2) is 0 Å². The molecule has 0 spiro atoms. The first kappa shape index (κ1) is 30.6. The number of alkyl halides is 3. The number of nitrogens with one attached hydrogen (secondary N) is 2. The molecule has 4 N–H and O–H groups in total. The van der Waals surface area contributed by atoms with Crippen LogP contribution in [0.15, 0.2) is 47.0 Å². The molecule has 0 saturated heterocycles. The Kier molecular flexibility index (Phi) is 10.6. The summed E-state index contributed by atoms with van der Waals surface area (Å²) >= 11 is 0. The molecule has 0 fully saturated rings. The van der Waals surface area contributed by atoms with Crippen molar-refractivity contribution in [3.05, 3.63) is 64.2 Å². The number of amides is 2. The summed E-state index contributed by atoms with van der Waals surface area (Å²) in [5.74, 6) is 0.165. The van der Waals surface area contributed by atoms with E-state index >= 15 is 0 Å². The summed E-state index contributed by atoms with van der Waals surface area (Å²) in [7, 11) is 0. The largest absolute Gasteiger partial charge is 0.446 e. The molecule has 2 aliphatic heterocycles. The van der Waals surface area contributed by atoms with Gasteiger partial charge in [0, 0.05) is 48.4 Å². The Labute approximate surface area is 231 Å². The Morgan fingerprint density at radius 3 is 2.45 bits per heavy atom. The fourth-order valence-electron chi connectivity index (χ4n) is 4.49. The smallest absolute Gasteiger partial charge is 0.387 e. The molecule has 0 radical (unpaired) electrons. The third-order valence-electron chi connectivity index (χ3n) is 6.29. The molecule has 4 rings (SSSR count). The van der Waals surface area contributed by atoms with Crippen LogP contribution in [0.25, 0.3) is 6.08 Å². The summed E-state index contributed by atoms with van der Waals surface area (Å²) in [6.07, 6.45) is -0.792. The van der Waals surface area contributed by atoms with E-state index in [0.29, 0.717) is 42.2 Å². The number of nitrogens with two attached hydrogens (primary N) is 1. The van der Waals surface area contributed by atoms with Gasteiger partial charge in [-0.25, -0.2) is 4.99 Å². The van der Waals surface area contributed by atoms with Crippen molar-refractivity contribution < 1.29 is 27.6 Å². The number of nitrogens with zero attached hydrogens (tertiary/aromatic N) is 2. The molecule has 8 nitrogen and oxygen atoms in total. The molecule has 40 heavy (non-hydrogen) atoms. The van der Waals surface area contributed by atoms with E-state index in [1.54, 1.807) is 12.1 Å². The fourth-order valence-corrected chi connectivity index (χ4v) is 4.49. The Morgan fingerprint density at radius 2 is 1.80 bits per heavy atom. The third kappa shape index (κ3) is 8.51. The maximum absolute atomic E-state index is 13.1. The van der Waals surface area contributed by atoms with Crippen LogP contribution >= 0.6 is 0 Å². The Hall–Kier alpha value is -3.99. The highest BCUT2D eigenvalue weighted by Gasteiger charge is 2.25. The first-order valence-electron chi connectivity index (χ1n) is 13.2. The molecule has 0 aliphatic carbocycles. The second-order valence-electron chi connectivity index (χ2n) is 9.54. The number of hydrogen-bond acceptors (Lipinski definition) is 6. The average molecular weight is 558 g/mol. The lowest BCUT2D eigenvalue weighted by Crippen LogP contribution is -2.34. The van der Waals surface area contributed by atoms with Crippen LogP contribution in [0.4, 0.5) is 24.5 Å². The van der Waals surface area contributed by atoms with E-state index in [4.69, 9.17) is 10.5 Å². The maximum Gasteiger partial charge on any atom is 0.446 e. The summed E-state index contributed by atoms with van der Waals surface area (Å²) in [4.78, 5) is 41.2. The van der Waals surface area contributed by atoms with Gasteiger partial charge in [-0.15, -0.1) is 0 Å². The lowest BCUT2D eigenvalue weighted by molar-refractivity contribution is -0.156. The minimum atomic E-state index is -4.64. The molecular weight excluding hydrogens is 523 g/mol. The van der Waals surface area contributed by atoms with Crippen molar-refractivity contribution in [1.82, 2.24) is 10.2 Å². The molecule has 0 bridgehead atoms. The maximum atomic E-state index is 13.1. The first-order chi connectivity index (χ1) is 19.0. The zero-order chi connectivity index (χ0) is 29.3. The highest BCUT2D eigenvalue weighted by molar-refractivity contribution is 6.08. The molecule has 2 aliphatic rings. The van der Waals surface area contributed by atoms with Crippen molar-refractivity contribution in [2.75, 3.05) is 25.0 Å². The summed E-state index contributed by atoms with van der Waals surface area (Å²) in [5, 5.41) is 6.35. The summed E-state index contributed by atoms with van der Waals surface area (Å²) in [6.45, 7) is 7.37. The van der Waals surface area contributed by atoms with Gasteiger partial charge in [-0.05, 0) is 67.3 Å². The number of carbonyl (C=O) groups is 3. The quantitative estimate of drug-likeness (QED) is 0.425. The molecule has 2 heterocycles. The molecule has 2 aromatic carbocycles. The van der Waals surface area contributed by atoms with E-state index in [9.17, 15) is 22.8 Å². The van der Waals surface area contributed by atoms with E-state index in [1.807, 2.05) is 29.2 Å². The molecule has 0 aromatic heterocycles. The van der Waals surface area contributed by atoms with Crippen molar-refractivity contribution in [3.63, 3.8) is 0 Å². The number of benzene rings is 2. The highest BCUT2D eigenvalue weighted by Crippen LogP contribution is 2.29. The van der Waals surface area contributed by atoms with Gasteiger partial charge in [0.05, 0.1) is 5.69 Å². The lowest BCUT2D eigenvalue weighted by Gasteiger charge is -2.22. The van der Waals surface area contributed by atoms with Crippen LogP contribution in [0.5, 0.6) is 0 Å². The van der Waals surface area contributed by atoms with Crippen LogP contribution in [0, 0.1) is 0 Å². The van der Waals surface area contributed by atoms with Crippen LogP contribution in [0.2, 0.25) is 0 Å². The standard InChI is InChI=1S/C27H33N5O2.C2HF3O/c1-3-11-32(12-4-2)27(34)22-13-19-5-6-20(15-24(19)31-25(28)16-22)26(33)30-23-8-7-21-17-29-10-9-18(21)14-23;3-2(4,5)1-6/h5-8,13-15,29H,3-4,9-12,16-17H2,1-2H3,(H2,28,31)(H,30,33);1H. The van der Waals surface area contributed by atoms with Crippen LogP contribution in [0.1, 0.15) is 60.2 Å². The number of fused-ring (bicyclic) bond motifs is 2. The normalized spacial score (nSPS) is 14.2. The van der Waals surface area contributed by atoms with E-state index in [2.05, 4.69) is 35.5 Å². The average Bonchev–Trinajstić information content (AvgIpc) is 3.09. The summed E-state index contributed by atoms with van der Waals surface area (Å²) in [5.41, 5.74) is 12.0. The predicted octanol–water partition coefficient (Wildman–Crippen LogP) is 4.76. The summed E-state index contributed by atoms with van der Waals surface area (Å²) in [6, 6.07) is 11.4. The van der Waals surface area contributed by atoms with E-state index in [1.165, 1.54) is 11.1 Å². The van der Waals surface area contributed by atoms with Crippen molar-refractivity contribution in [2.45, 2.75) is 52.3 Å². The molecule has 0 unspecified atom stereocenters. The van der Waals surface area contributed by atoms with Gasteiger partial charge < -0.3 is 21.3 Å². The van der Waals surface area contributed by atoms with Gasteiger partial charge in [-0.2, -0.15) is 13.2 Å². The van der Waals surface area contributed by atoms with Gasteiger partial charge in [0.2, 0.25) is 12.2 Å². The molecule has 2 aromatic rings. The third-order valence-corrected chi connectivity index (χ3v) is 6.29. The summed E-state index contributed by atoms with van der Waals surface area (Å²) < 4.78 is 31.2. The number of aldehydes is 1. The number of aliphatic imine (C=N–C) groups is 1. The Balaban J connectivity index is 0.000000663. The number of halogens is 3. The van der Waals surface area contributed by atoms with Gasteiger partial charge in [-0.3, -0.25) is 14.4 Å². The monoisotopic (exact) mass is 557 g/mol. The predicted molar refractivity (Wildman–Crippen MR) is 149 cm³/mol. The van der Waals surface area contributed by atoms with Crippen LogP contribution in [-0.4, -0.2) is 54.6 Å². The zero-order valence-corrected chi connectivity index (χ0v) is 22.6.